The van der Waals surface area contributed by atoms with Crippen molar-refractivity contribution >= 4 is 35.0 Å². The van der Waals surface area contributed by atoms with Crippen LogP contribution in [0.2, 0.25) is 10.0 Å². The summed E-state index contributed by atoms with van der Waals surface area (Å²) in [5.41, 5.74) is 0.479. The van der Waals surface area contributed by atoms with Gasteiger partial charge >= 0.3 is 0 Å². The first kappa shape index (κ1) is 21.4. The molecule has 0 radical (unpaired) electrons. The van der Waals surface area contributed by atoms with Crippen LogP contribution in [0.3, 0.4) is 0 Å². The molecule has 5 nitrogen and oxygen atoms in total. The van der Waals surface area contributed by atoms with Gasteiger partial charge in [0, 0.05) is 37.7 Å². The van der Waals surface area contributed by atoms with Gasteiger partial charge in [0.1, 0.15) is 0 Å². The Morgan fingerprint density at radius 1 is 1.14 bits per heavy atom. The third-order valence-corrected chi connectivity index (χ3v) is 6.37. The van der Waals surface area contributed by atoms with Crippen LogP contribution in [0.5, 0.6) is 0 Å². The molecule has 0 aromatic heterocycles. The van der Waals surface area contributed by atoms with E-state index in [0.717, 1.165) is 25.8 Å². The number of carbonyl (C=O) groups is 2. The summed E-state index contributed by atoms with van der Waals surface area (Å²) in [6.45, 7) is 5.39. The maximum absolute atomic E-state index is 12.8. The van der Waals surface area contributed by atoms with Crippen LogP contribution in [0.15, 0.2) is 18.2 Å². The molecule has 28 heavy (non-hydrogen) atoms. The minimum atomic E-state index is -0.0783. The monoisotopic (exact) mass is 425 g/mol. The van der Waals surface area contributed by atoms with E-state index in [0.29, 0.717) is 47.7 Å². The molecule has 0 unspecified atom stereocenters. The Balaban J connectivity index is 1.64. The first-order valence-electron chi connectivity index (χ1n) is 10.3. The maximum atomic E-state index is 12.8. The number of amides is 2. The maximum Gasteiger partial charge on any atom is 0.255 e. The van der Waals surface area contributed by atoms with Gasteiger partial charge in [-0.05, 0) is 43.4 Å². The molecule has 1 aliphatic heterocycles. The van der Waals surface area contributed by atoms with E-state index in [1.54, 1.807) is 18.2 Å². The zero-order valence-corrected chi connectivity index (χ0v) is 17.9. The van der Waals surface area contributed by atoms with Crippen molar-refractivity contribution in [3.63, 3.8) is 0 Å². The van der Waals surface area contributed by atoms with Gasteiger partial charge in [-0.15, -0.1) is 0 Å². The van der Waals surface area contributed by atoms with Gasteiger partial charge in [-0.2, -0.15) is 0 Å². The molecular formula is C21H29Cl2N3O2. The van der Waals surface area contributed by atoms with E-state index in [-0.39, 0.29) is 17.9 Å². The molecule has 1 saturated heterocycles. The number of rotatable bonds is 6. The first-order valence-corrected chi connectivity index (χ1v) is 11.0. The van der Waals surface area contributed by atoms with Crippen LogP contribution in [0.25, 0.3) is 0 Å². The topological polar surface area (TPSA) is 52.7 Å². The molecule has 1 atom stereocenters. The highest BCUT2D eigenvalue weighted by atomic mass is 35.5. The van der Waals surface area contributed by atoms with Crippen molar-refractivity contribution < 1.29 is 9.59 Å². The predicted molar refractivity (Wildman–Crippen MR) is 113 cm³/mol. The number of nitrogens with one attached hydrogen (secondary N) is 1. The summed E-state index contributed by atoms with van der Waals surface area (Å²) in [6, 6.07) is 4.88. The van der Waals surface area contributed by atoms with Crippen molar-refractivity contribution in [3.8, 4) is 0 Å². The van der Waals surface area contributed by atoms with E-state index in [4.69, 9.17) is 23.2 Å². The largest absolute Gasteiger partial charge is 0.355 e. The summed E-state index contributed by atoms with van der Waals surface area (Å²) in [5.74, 6) is 0.494. The van der Waals surface area contributed by atoms with Crippen molar-refractivity contribution in [1.82, 2.24) is 15.1 Å². The Morgan fingerprint density at radius 3 is 2.43 bits per heavy atom. The second-order valence-electron chi connectivity index (χ2n) is 7.73. The Hall–Kier alpha value is -1.30. The van der Waals surface area contributed by atoms with Gasteiger partial charge in [-0.1, -0.05) is 43.0 Å². The highest BCUT2D eigenvalue weighted by Crippen LogP contribution is 2.31. The second kappa shape index (κ2) is 9.95. The smallest absolute Gasteiger partial charge is 0.255 e. The number of nitrogens with zero attached hydrogens (tertiary/aromatic N) is 2. The second-order valence-corrected chi connectivity index (χ2v) is 8.58. The number of benzene rings is 1. The molecule has 2 fully saturated rings. The standard InChI is InChI=1S/C21H29Cl2N3O2/c1-2-9-24-20(27)19(15-5-3-4-6-15)25-10-12-26(13-11-25)21(28)17-8-7-16(22)14-18(17)23/h7-8,14-15,19H,2-6,9-13H2,1H3,(H,24,27)/t19-/m1/s1. The number of carbonyl (C=O) groups excluding carboxylic acids is 2. The van der Waals surface area contributed by atoms with E-state index in [2.05, 4.69) is 17.1 Å². The minimum absolute atomic E-state index is 0.0748. The SMILES string of the molecule is CCCNC(=O)[C@@H](C1CCCC1)N1CCN(C(=O)c2ccc(Cl)cc2Cl)CC1. The number of hydrogen-bond donors (Lipinski definition) is 1. The zero-order valence-electron chi connectivity index (χ0n) is 16.4. The van der Waals surface area contributed by atoms with Gasteiger partial charge in [-0.25, -0.2) is 0 Å². The molecule has 1 heterocycles. The molecule has 1 N–H and O–H groups in total. The van der Waals surface area contributed by atoms with E-state index < -0.39 is 0 Å². The van der Waals surface area contributed by atoms with Crippen molar-refractivity contribution in [3.05, 3.63) is 33.8 Å². The molecule has 1 aromatic carbocycles. The molecule has 1 saturated carbocycles. The predicted octanol–water partition coefficient (Wildman–Crippen LogP) is 3.84. The summed E-state index contributed by atoms with van der Waals surface area (Å²) in [4.78, 5) is 29.8. The molecule has 3 rings (SSSR count). The van der Waals surface area contributed by atoms with E-state index in [1.165, 1.54) is 12.8 Å². The number of hydrogen-bond acceptors (Lipinski definition) is 3. The molecule has 1 aromatic rings. The van der Waals surface area contributed by atoms with E-state index in [9.17, 15) is 9.59 Å². The third kappa shape index (κ3) is 5.00. The lowest BCUT2D eigenvalue weighted by atomic mass is 9.95. The Kier molecular flexibility index (Phi) is 7.61. The molecule has 0 bridgehead atoms. The van der Waals surface area contributed by atoms with Gasteiger partial charge in [0.2, 0.25) is 5.91 Å². The molecule has 154 valence electrons. The average molecular weight is 426 g/mol. The van der Waals surface area contributed by atoms with Gasteiger partial charge in [-0.3, -0.25) is 14.5 Å². The minimum Gasteiger partial charge on any atom is -0.355 e. The fourth-order valence-corrected chi connectivity index (χ4v) is 4.83. The number of halogens is 2. The Bertz CT molecular complexity index is 699. The quantitative estimate of drug-likeness (QED) is 0.752. The molecule has 7 heteroatoms. The lowest BCUT2D eigenvalue weighted by Gasteiger charge is -2.40. The van der Waals surface area contributed by atoms with Gasteiger partial charge in [0.15, 0.2) is 0 Å². The summed E-state index contributed by atoms with van der Waals surface area (Å²) in [5, 5.41) is 3.98. The van der Waals surface area contributed by atoms with Gasteiger partial charge in [0.25, 0.3) is 5.91 Å². The molecule has 0 spiro atoms. The lowest BCUT2D eigenvalue weighted by molar-refractivity contribution is -0.129. The van der Waals surface area contributed by atoms with Crippen LogP contribution in [0.4, 0.5) is 0 Å². The van der Waals surface area contributed by atoms with Crippen LogP contribution >= 0.6 is 23.2 Å². The van der Waals surface area contributed by atoms with Crippen LogP contribution in [-0.4, -0.2) is 60.4 Å². The summed E-state index contributed by atoms with van der Waals surface area (Å²) in [6.07, 6.45) is 5.58. The van der Waals surface area contributed by atoms with Crippen molar-refractivity contribution in [2.45, 2.75) is 45.1 Å². The highest BCUT2D eigenvalue weighted by molar-refractivity contribution is 6.36. The summed E-state index contributed by atoms with van der Waals surface area (Å²) < 4.78 is 0. The Morgan fingerprint density at radius 2 is 1.82 bits per heavy atom. The fraction of sp³-hybridized carbons (Fsp3) is 0.619. The molecular weight excluding hydrogens is 397 g/mol. The van der Waals surface area contributed by atoms with Crippen molar-refractivity contribution in [1.29, 1.82) is 0 Å². The number of piperazine rings is 1. The average Bonchev–Trinajstić information content (AvgIpc) is 3.21. The summed E-state index contributed by atoms with van der Waals surface area (Å²) in [7, 11) is 0. The summed E-state index contributed by atoms with van der Waals surface area (Å²) >= 11 is 12.1. The first-order chi connectivity index (χ1) is 13.5. The van der Waals surface area contributed by atoms with Crippen LogP contribution < -0.4 is 5.32 Å². The Labute approximate surface area is 177 Å². The van der Waals surface area contributed by atoms with Gasteiger partial charge in [0.05, 0.1) is 16.6 Å². The molecule has 1 aliphatic carbocycles. The van der Waals surface area contributed by atoms with Crippen molar-refractivity contribution in [2.75, 3.05) is 32.7 Å². The van der Waals surface area contributed by atoms with Crippen LogP contribution in [0.1, 0.15) is 49.4 Å². The zero-order chi connectivity index (χ0) is 20.1. The van der Waals surface area contributed by atoms with E-state index in [1.807, 2.05) is 4.90 Å². The van der Waals surface area contributed by atoms with E-state index >= 15 is 0 Å². The lowest BCUT2D eigenvalue weighted by Crippen LogP contribution is -2.58. The van der Waals surface area contributed by atoms with Crippen LogP contribution in [0, 0.1) is 5.92 Å². The van der Waals surface area contributed by atoms with Crippen LogP contribution in [-0.2, 0) is 4.79 Å². The third-order valence-electron chi connectivity index (χ3n) is 5.82. The highest BCUT2D eigenvalue weighted by Gasteiger charge is 2.37. The van der Waals surface area contributed by atoms with Gasteiger partial charge < -0.3 is 10.2 Å². The normalized spacial score (nSPS) is 19.6. The fourth-order valence-electron chi connectivity index (χ4n) is 4.34. The molecule has 2 amide bonds. The molecule has 2 aliphatic rings. The van der Waals surface area contributed by atoms with Crippen molar-refractivity contribution in [2.24, 2.45) is 5.92 Å².